The van der Waals surface area contributed by atoms with Crippen molar-refractivity contribution in [3.8, 4) is 0 Å². The lowest BCUT2D eigenvalue weighted by atomic mass is 10.3. The number of hydrogen-bond acceptors (Lipinski definition) is 6. The number of esters is 1. The van der Waals surface area contributed by atoms with Gasteiger partial charge in [-0.1, -0.05) is 17.3 Å². The summed E-state index contributed by atoms with van der Waals surface area (Å²) in [6.45, 7) is 2.80. The summed E-state index contributed by atoms with van der Waals surface area (Å²) in [4.78, 5) is 14.0. The number of fused-ring (bicyclic) bond motifs is 1. The van der Waals surface area contributed by atoms with Gasteiger partial charge in [-0.25, -0.2) is 4.68 Å². The van der Waals surface area contributed by atoms with Gasteiger partial charge in [0.1, 0.15) is 11.6 Å². The summed E-state index contributed by atoms with van der Waals surface area (Å²) in [6, 6.07) is 7.62. The Morgan fingerprint density at radius 1 is 1.50 bits per heavy atom. The van der Waals surface area contributed by atoms with Crippen molar-refractivity contribution in [2.75, 3.05) is 18.2 Å². The quantitative estimate of drug-likeness (QED) is 0.792. The Bertz CT molecular complexity index is 615. The van der Waals surface area contributed by atoms with Gasteiger partial charge >= 0.3 is 5.97 Å². The summed E-state index contributed by atoms with van der Waals surface area (Å²) >= 11 is 1.74. The van der Waals surface area contributed by atoms with Crippen LogP contribution in [0.25, 0.3) is 11.0 Å². The first kappa shape index (κ1) is 13.4. The molecule has 1 aliphatic rings. The standard InChI is InChI=1S/C13H16N4O2S/c1-2-19-13(18)12-7-20-9-16(12)8-17-11-6-4-3-5-10(11)14-15-17/h3-6,12H,2,7-9H2,1H3. The van der Waals surface area contributed by atoms with Crippen LogP contribution in [0.1, 0.15) is 6.92 Å². The molecule has 3 rings (SSSR count). The van der Waals surface area contributed by atoms with E-state index in [0.29, 0.717) is 13.3 Å². The van der Waals surface area contributed by atoms with E-state index in [1.165, 1.54) is 0 Å². The molecule has 1 aromatic heterocycles. The number of nitrogens with zero attached hydrogens (tertiary/aromatic N) is 4. The number of rotatable bonds is 4. The van der Waals surface area contributed by atoms with Gasteiger partial charge in [0.2, 0.25) is 0 Å². The van der Waals surface area contributed by atoms with E-state index in [-0.39, 0.29) is 12.0 Å². The lowest BCUT2D eigenvalue weighted by Gasteiger charge is -2.21. The van der Waals surface area contributed by atoms with Crippen LogP contribution in [0.15, 0.2) is 24.3 Å². The van der Waals surface area contributed by atoms with Gasteiger partial charge < -0.3 is 4.74 Å². The highest BCUT2D eigenvalue weighted by Crippen LogP contribution is 2.23. The van der Waals surface area contributed by atoms with E-state index in [2.05, 4.69) is 15.2 Å². The van der Waals surface area contributed by atoms with Gasteiger partial charge in [-0.05, 0) is 19.1 Å². The molecule has 1 saturated heterocycles. The Morgan fingerprint density at radius 2 is 2.35 bits per heavy atom. The fourth-order valence-electron chi connectivity index (χ4n) is 2.27. The van der Waals surface area contributed by atoms with Gasteiger partial charge in [-0.2, -0.15) is 0 Å². The summed E-state index contributed by atoms with van der Waals surface area (Å²) < 4.78 is 6.95. The second-order valence-corrected chi connectivity index (χ2v) is 5.58. The van der Waals surface area contributed by atoms with Crippen molar-refractivity contribution < 1.29 is 9.53 Å². The van der Waals surface area contributed by atoms with Gasteiger partial charge in [-0.3, -0.25) is 9.69 Å². The fraction of sp³-hybridized carbons (Fsp3) is 0.462. The molecule has 0 aliphatic carbocycles. The Morgan fingerprint density at radius 3 is 3.20 bits per heavy atom. The van der Waals surface area contributed by atoms with Gasteiger partial charge in [0, 0.05) is 11.6 Å². The van der Waals surface area contributed by atoms with Crippen LogP contribution < -0.4 is 0 Å². The molecule has 106 valence electrons. The minimum absolute atomic E-state index is 0.151. The normalized spacial score (nSPS) is 19.6. The van der Waals surface area contributed by atoms with Gasteiger partial charge in [0.15, 0.2) is 0 Å². The topological polar surface area (TPSA) is 60.2 Å². The van der Waals surface area contributed by atoms with E-state index in [1.807, 2.05) is 35.9 Å². The average molecular weight is 292 g/mol. The monoisotopic (exact) mass is 292 g/mol. The summed E-state index contributed by atoms with van der Waals surface area (Å²) in [5.41, 5.74) is 1.85. The van der Waals surface area contributed by atoms with Crippen LogP contribution in [-0.4, -0.2) is 50.1 Å². The average Bonchev–Trinajstić information content (AvgIpc) is 3.07. The Balaban J connectivity index is 1.78. The number of carbonyl (C=O) groups excluding carboxylic acids is 1. The first-order valence-electron chi connectivity index (χ1n) is 6.56. The van der Waals surface area contributed by atoms with E-state index >= 15 is 0 Å². The molecule has 0 bridgehead atoms. The van der Waals surface area contributed by atoms with Crippen molar-refractivity contribution in [1.29, 1.82) is 0 Å². The molecule has 1 atom stereocenters. The van der Waals surface area contributed by atoms with Crippen LogP contribution in [0.2, 0.25) is 0 Å². The van der Waals surface area contributed by atoms with E-state index in [1.54, 1.807) is 11.8 Å². The molecular weight excluding hydrogens is 276 g/mol. The zero-order valence-electron chi connectivity index (χ0n) is 11.2. The fourth-order valence-corrected chi connectivity index (χ4v) is 3.44. The smallest absolute Gasteiger partial charge is 0.324 e. The number of benzene rings is 1. The minimum Gasteiger partial charge on any atom is -0.465 e. The zero-order chi connectivity index (χ0) is 13.9. The van der Waals surface area contributed by atoms with Crippen LogP contribution >= 0.6 is 11.8 Å². The molecule has 2 heterocycles. The molecule has 1 aromatic carbocycles. The number of aromatic nitrogens is 3. The molecule has 0 N–H and O–H groups in total. The highest BCUT2D eigenvalue weighted by Gasteiger charge is 2.32. The molecule has 1 unspecified atom stereocenters. The first-order valence-corrected chi connectivity index (χ1v) is 7.71. The van der Waals surface area contributed by atoms with Crippen LogP contribution in [-0.2, 0) is 16.2 Å². The maximum Gasteiger partial charge on any atom is 0.324 e. The molecule has 6 nitrogen and oxygen atoms in total. The predicted molar refractivity (Wildman–Crippen MR) is 77.1 cm³/mol. The maximum absolute atomic E-state index is 11.9. The molecule has 20 heavy (non-hydrogen) atoms. The van der Waals surface area contributed by atoms with Crippen LogP contribution in [0.4, 0.5) is 0 Å². The second kappa shape index (κ2) is 5.80. The molecule has 2 aromatic rings. The number of para-hydroxylation sites is 1. The number of ether oxygens (including phenoxy) is 1. The zero-order valence-corrected chi connectivity index (χ0v) is 12.0. The molecule has 0 spiro atoms. The van der Waals surface area contributed by atoms with Gasteiger partial charge in [-0.15, -0.1) is 16.9 Å². The summed E-state index contributed by atoms with van der Waals surface area (Å²) in [7, 11) is 0. The van der Waals surface area contributed by atoms with Crippen molar-refractivity contribution in [3.63, 3.8) is 0 Å². The molecule has 0 amide bonds. The lowest BCUT2D eigenvalue weighted by Crippen LogP contribution is -2.40. The number of thioether (sulfide) groups is 1. The highest BCUT2D eigenvalue weighted by atomic mass is 32.2. The first-order chi connectivity index (χ1) is 9.79. The van der Waals surface area contributed by atoms with Crippen LogP contribution in [0.3, 0.4) is 0 Å². The van der Waals surface area contributed by atoms with E-state index in [0.717, 1.165) is 22.7 Å². The number of carbonyl (C=O) groups is 1. The maximum atomic E-state index is 11.9. The van der Waals surface area contributed by atoms with Crippen molar-refractivity contribution in [2.24, 2.45) is 0 Å². The summed E-state index contributed by atoms with van der Waals surface area (Å²) in [6.07, 6.45) is 0. The summed E-state index contributed by atoms with van der Waals surface area (Å²) in [5.74, 6) is 1.42. The molecule has 0 saturated carbocycles. The second-order valence-electron chi connectivity index (χ2n) is 4.58. The van der Waals surface area contributed by atoms with Crippen LogP contribution in [0.5, 0.6) is 0 Å². The van der Waals surface area contributed by atoms with Crippen molar-refractivity contribution >= 4 is 28.8 Å². The molecule has 1 fully saturated rings. The lowest BCUT2D eigenvalue weighted by molar-refractivity contribution is -0.148. The summed E-state index contributed by atoms with van der Waals surface area (Å²) in [5, 5.41) is 8.29. The van der Waals surface area contributed by atoms with Crippen molar-refractivity contribution in [1.82, 2.24) is 19.9 Å². The third-order valence-corrected chi connectivity index (χ3v) is 4.33. The predicted octanol–water partition coefficient (Wildman–Crippen LogP) is 1.33. The minimum atomic E-state index is -0.192. The third kappa shape index (κ3) is 2.51. The third-order valence-electron chi connectivity index (χ3n) is 3.27. The van der Waals surface area contributed by atoms with E-state index in [4.69, 9.17) is 4.74 Å². The Labute approximate surface area is 121 Å². The van der Waals surface area contributed by atoms with E-state index in [9.17, 15) is 4.79 Å². The van der Waals surface area contributed by atoms with Gasteiger partial charge in [0.25, 0.3) is 0 Å². The van der Waals surface area contributed by atoms with Gasteiger partial charge in [0.05, 0.1) is 18.8 Å². The largest absolute Gasteiger partial charge is 0.465 e. The highest BCUT2D eigenvalue weighted by molar-refractivity contribution is 7.99. The molecular formula is C13H16N4O2S. The SMILES string of the molecule is CCOC(=O)C1CSCN1Cn1nnc2ccccc21. The molecule has 1 aliphatic heterocycles. The van der Waals surface area contributed by atoms with Crippen molar-refractivity contribution in [2.45, 2.75) is 19.6 Å². The molecule has 0 radical (unpaired) electrons. The Kier molecular flexibility index (Phi) is 3.88. The van der Waals surface area contributed by atoms with Crippen LogP contribution in [0, 0.1) is 0 Å². The van der Waals surface area contributed by atoms with E-state index < -0.39 is 0 Å². The van der Waals surface area contributed by atoms with Crippen molar-refractivity contribution in [3.05, 3.63) is 24.3 Å². The Hall–Kier alpha value is -1.60. The number of hydrogen-bond donors (Lipinski definition) is 0. The molecule has 7 heteroatoms.